The van der Waals surface area contributed by atoms with Crippen LogP contribution in [0.2, 0.25) is 0 Å². The summed E-state index contributed by atoms with van der Waals surface area (Å²) in [5, 5.41) is 6.37. The SMILES string of the molecule is O=C(Nc1cccc(-c2csc(N3CCCCC3)n2)c1)C1CCCCC1. The molecule has 4 nitrogen and oxygen atoms in total. The maximum Gasteiger partial charge on any atom is 0.227 e. The third-order valence-corrected chi connectivity index (χ3v) is 6.42. The van der Waals surface area contributed by atoms with Crippen molar-refractivity contribution in [1.29, 1.82) is 0 Å². The molecule has 2 aromatic rings. The van der Waals surface area contributed by atoms with Crippen molar-refractivity contribution < 1.29 is 4.79 Å². The number of piperidine rings is 1. The van der Waals surface area contributed by atoms with Crippen LogP contribution < -0.4 is 10.2 Å². The van der Waals surface area contributed by atoms with Crippen LogP contribution in [0, 0.1) is 5.92 Å². The Kier molecular flexibility index (Phi) is 5.54. The van der Waals surface area contributed by atoms with Crippen molar-refractivity contribution in [3.63, 3.8) is 0 Å². The van der Waals surface area contributed by atoms with Crippen LogP contribution >= 0.6 is 11.3 Å². The van der Waals surface area contributed by atoms with Crippen LogP contribution in [0.1, 0.15) is 51.4 Å². The number of hydrogen-bond donors (Lipinski definition) is 1. The smallest absolute Gasteiger partial charge is 0.227 e. The largest absolute Gasteiger partial charge is 0.348 e. The second kappa shape index (κ2) is 8.21. The van der Waals surface area contributed by atoms with Crippen molar-refractivity contribution in [2.24, 2.45) is 5.92 Å². The minimum Gasteiger partial charge on any atom is -0.348 e. The molecule has 1 aromatic carbocycles. The molecule has 5 heteroatoms. The lowest BCUT2D eigenvalue weighted by Gasteiger charge is -2.25. The van der Waals surface area contributed by atoms with Gasteiger partial charge in [0.15, 0.2) is 5.13 Å². The molecule has 0 bridgehead atoms. The van der Waals surface area contributed by atoms with Gasteiger partial charge in [0.25, 0.3) is 0 Å². The van der Waals surface area contributed by atoms with E-state index in [4.69, 9.17) is 4.98 Å². The Balaban J connectivity index is 1.45. The summed E-state index contributed by atoms with van der Waals surface area (Å²) < 4.78 is 0. The predicted molar refractivity (Wildman–Crippen MR) is 109 cm³/mol. The fourth-order valence-corrected chi connectivity index (χ4v) is 4.88. The highest BCUT2D eigenvalue weighted by atomic mass is 32.1. The highest BCUT2D eigenvalue weighted by Crippen LogP contribution is 2.31. The van der Waals surface area contributed by atoms with Gasteiger partial charge in [0.1, 0.15) is 0 Å². The fraction of sp³-hybridized carbons (Fsp3) is 0.524. The highest BCUT2D eigenvalue weighted by Gasteiger charge is 2.21. The van der Waals surface area contributed by atoms with Crippen LogP contribution in [-0.2, 0) is 4.79 Å². The zero-order valence-corrected chi connectivity index (χ0v) is 16.1. The van der Waals surface area contributed by atoms with E-state index in [0.29, 0.717) is 0 Å². The average molecular weight is 370 g/mol. The molecular weight excluding hydrogens is 342 g/mol. The second-order valence-corrected chi connectivity index (χ2v) is 8.30. The van der Waals surface area contributed by atoms with Crippen LogP contribution in [0.25, 0.3) is 11.3 Å². The van der Waals surface area contributed by atoms with E-state index in [1.807, 2.05) is 12.1 Å². The minimum absolute atomic E-state index is 0.175. The van der Waals surface area contributed by atoms with Gasteiger partial charge in [-0.05, 0) is 44.2 Å². The molecule has 26 heavy (non-hydrogen) atoms. The highest BCUT2D eigenvalue weighted by molar-refractivity contribution is 7.14. The molecular formula is C21H27N3OS. The number of amides is 1. The molecule has 4 rings (SSSR count). The molecule has 1 saturated carbocycles. The van der Waals surface area contributed by atoms with Crippen molar-refractivity contribution >= 4 is 28.1 Å². The van der Waals surface area contributed by atoms with Gasteiger partial charge in [-0.25, -0.2) is 4.98 Å². The molecule has 2 heterocycles. The van der Waals surface area contributed by atoms with E-state index in [2.05, 4.69) is 27.7 Å². The monoisotopic (exact) mass is 369 g/mol. The Hall–Kier alpha value is -1.88. The van der Waals surface area contributed by atoms with Gasteiger partial charge < -0.3 is 10.2 Å². The van der Waals surface area contributed by atoms with E-state index in [1.165, 1.54) is 38.5 Å². The first-order valence-corrected chi connectivity index (χ1v) is 10.8. The molecule has 0 unspecified atom stereocenters. The molecule has 0 radical (unpaired) electrons. The van der Waals surface area contributed by atoms with Crippen LogP contribution in [0.5, 0.6) is 0 Å². The molecule has 0 atom stereocenters. The first-order valence-electron chi connectivity index (χ1n) is 9.91. The van der Waals surface area contributed by atoms with Crippen LogP contribution in [0.15, 0.2) is 29.6 Å². The minimum atomic E-state index is 0.175. The van der Waals surface area contributed by atoms with Crippen molar-refractivity contribution in [1.82, 2.24) is 4.98 Å². The lowest BCUT2D eigenvalue weighted by atomic mass is 9.88. The van der Waals surface area contributed by atoms with E-state index in [1.54, 1.807) is 11.3 Å². The summed E-state index contributed by atoms with van der Waals surface area (Å²) in [5.74, 6) is 0.353. The molecule has 1 aromatic heterocycles. The van der Waals surface area contributed by atoms with Gasteiger partial charge in [-0.15, -0.1) is 11.3 Å². The maximum atomic E-state index is 12.5. The standard InChI is InChI=1S/C21H27N3OS/c25-20(16-8-3-1-4-9-16)22-18-11-7-10-17(14-18)19-15-26-21(23-19)24-12-5-2-6-13-24/h7,10-11,14-16H,1-6,8-9,12-13H2,(H,22,25). The lowest BCUT2D eigenvalue weighted by Crippen LogP contribution is -2.29. The van der Waals surface area contributed by atoms with E-state index in [0.717, 1.165) is 48.0 Å². The molecule has 2 aliphatic rings. The summed E-state index contributed by atoms with van der Waals surface area (Å²) in [7, 11) is 0. The van der Waals surface area contributed by atoms with Gasteiger partial charge in [-0.2, -0.15) is 0 Å². The summed E-state index contributed by atoms with van der Waals surface area (Å²) in [6, 6.07) is 8.11. The first-order chi connectivity index (χ1) is 12.8. The van der Waals surface area contributed by atoms with Gasteiger partial charge in [0.2, 0.25) is 5.91 Å². The topological polar surface area (TPSA) is 45.2 Å². The van der Waals surface area contributed by atoms with E-state index in [-0.39, 0.29) is 11.8 Å². The number of carbonyl (C=O) groups excluding carboxylic acids is 1. The van der Waals surface area contributed by atoms with Gasteiger partial charge in [0, 0.05) is 35.6 Å². The summed E-state index contributed by atoms with van der Waals surface area (Å²) in [5.41, 5.74) is 2.96. The van der Waals surface area contributed by atoms with Crippen molar-refractivity contribution in [3.8, 4) is 11.3 Å². The zero-order valence-electron chi connectivity index (χ0n) is 15.2. The normalized spacial score (nSPS) is 18.7. The third kappa shape index (κ3) is 4.09. The second-order valence-electron chi connectivity index (χ2n) is 7.47. The van der Waals surface area contributed by atoms with Gasteiger partial charge in [0.05, 0.1) is 5.69 Å². The van der Waals surface area contributed by atoms with E-state index >= 15 is 0 Å². The third-order valence-electron chi connectivity index (χ3n) is 5.52. The van der Waals surface area contributed by atoms with Crippen LogP contribution in [0.3, 0.4) is 0 Å². The Bertz CT molecular complexity index is 745. The summed E-state index contributed by atoms with van der Waals surface area (Å²) in [4.78, 5) is 19.7. The number of nitrogens with zero attached hydrogens (tertiary/aromatic N) is 2. The Morgan fingerprint density at radius 2 is 1.85 bits per heavy atom. The lowest BCUT2D eigenvalue weighted by molar-refractivity contribution is -0.120. The summed E-state index contributed by atoms with van der Waals surface area (Å²) in [6.07, 6.45) is 9.52. The molecule has 0 spiro atoms. The number of hydrogen-bond acceptors (Lipinski definition) is 4. The molecule has 1 N–H and O–H groups in total. The zero-order chi connectivity index (χ0) is 17.8. The first kappa shape index (κ1) is 17.5. The quantitative estimate of drug-likeness (QED) is 0.793. The summed E-state index contributed by atoms with van der Waals surface area (Å²) in [6.45, 7) is 2.23. The number of thiazole rings is 1. The van der Waals surface area contributed by atoms with E-state index in [9.17, 15) is 4.79 Å². The average Bonchev–Trinajstić information content (AvgIpc) is 3.20. The molecule has 1 aliphatic carbocycles. The maximum absolute atomic E-state index is 12.5. The number of benzene rings is 1. The van der Waals surface area contributed by atoms with Crippen molar-refractivity contribution in [2.45, 2.75) is 51.4 Å². The van der Waals surface area contributed by atoms with E-state index < -0.39 is 0 Å². The summed E-state index contributed by atoms with van der Waals surface area (Å²) >= 11 is 1.72. The number of rotatable bonds is 4. The Morgan fingerprint density at radius 3 is 2.65 bits per heavy atom. The Morgan fingerprint density at radius 1 is 1.08 bits per heavy atom. The van der Waals surface area contributed by atoms with Gasteiger partial charge in [-0.3, -0.25) is 4.79 Å². The number of aromatic nitrogens is 1. The molecule has 1 saturated heterocycles. The molecule has 2 fully saturated rings. The van der Waals surface area contributed by atoms with Crippen molar-refractivity contribution in [3.05, 3.63) is 29.6 Å². The van der Waals surface area contributed by atoms with Gasteiger partial charge >= 0.3 is 0 Å². The van der Waals surface area contributed by atoms with Gasteiger partial charge in [-0.1, -0.05) is 31.4 Å². The number of carbonyl (C=O) groups is 1. The fourth-order valence-electron chi connectivity index (χ4n) is 3.99. The predicted octanol–water partition coefficient (Wildman–Crippen LogP) is 5.32. The number of anilines is 2. The molecule has 1 aliphatic heterocycles. The van der Waals surface area contributed by atoms with Crippen LogP contribution in [0.4, 0.5) is 10.8 Å². The molecule has 138 valence electrons. The van der Waals surface area contributed by atoms with Crippen LogP contribution in [-0.4, -0.2) is 24.0 Å². The Labute approximate surface area is 159 Å². The number of nitrogens with one attached hydrogen (secondary N) is 1. The molecule has 1 amide bonds. The van der Waals surface area contributed by atoms with Crippen molar-refractivity contribution in [2.75, 3.05) is 23.3 Å².